The minimum Gasteiger partial charge on any atom is -0.478 e. The van der Waals surface area contributed by atoms with Crippen molar-refractivity contribution in [3.63, 3.8) is 0 Å². The van der Waals surface area contributed by atoms with E-state index in [1.807, 2.05) is 13.0 Å². The van der Waals surface area contributed by atoms with Gasteiger partial charge in [-0.3, -0.25) is 4.79 Å². The number of pyridine rings is 1. The first-order valence-corrected chi connectivity index (χ1v) is 5.95. The highest BCUT2D eigenvalue weighted by Gasteiger charge is 2.09. The van der Waals surface area contributed by atoms with Crippen molar-refractivity contribution in [2.45, 2.75) is 6.92 Å². The number of carboxylic acids is 1. The summed E-state index contributed by atoms with van der Waals surface area (Å²) in [6.45, 7) is 1.92. The predicted molar refractivity (Wildman–Crippen MR) is 68.2 cm³/mol. The number of thiophene rings is 1. The zero-order valence-corrected chi connectivity index (χ0v) is 10.3. The summed E-state index contributed by atoms with van der Waals surface area (Å²) in [7, 11) is 0. The van der Waals surface area contributed by atoms with E-state index >= 15 is 0 Å². The van der Waals surface area contributed by atoms with E-state index < -0.39 is 5.97 Å². The van der Waals surface area contributed by atoms with Gasteiger partial charge in [0.05, 0.1) is 10.4 Å². The Balaban J connectivity index is 2.10. The van der Waals surface area contributed by atoms with Crippen molar-refractivity contribution in [2.24, 2.45) is 0 Å². The number of rotatable bonds is 3. The summed E-state index contributed by atoms with van der Waals surface area (Å²) in [5.41, 5.74) is 0.0833. The van der Waals surface area contributed by atoms with Crippen LogP contribution in [0.3, 0.4) is 0 Å². The van der Waals surface area contributed by atoms with Crippen LogP contribution in [0.4, 0.5) is 5.82 Å². The minimum absolute atomic E-state index is 0.0833. The molecule has 0 aliphatic rings. The molecule has 2 aromatic heterocycles. The highest BCUT2D eigenvalue weighted by atomic mass is 32.1. The van der Waals surface area contributed by atoms with E-state index in [4.69, 9.17) is 5.11 Å². The maximum atomic E-state index is 11.8. The summed E-state index contributed by atoms with van der Waals surface area (Å²) >= 11 is 1.39. The van der Waals surface area contributed by atoms with Gasteiger partial charge in [0.2, 0.25) is 0 Å². The number of hydrogen-bond acceptors (Lipinski definition) is 4. The van der Waals surface area contributed by atoms with Gasteiger partial charge in [0.1, 0.15) is 5.82 Å². The summed E-state index contributed by atoms with van der Waals surface area (Å²) in [6, 6.07) is 6.45. The number of nitrogens with zero attached hydrogens (tertiary/aromatic N) is 1. The molecule has 0 saturated heterocycles. The molecule has 0 aromatic carbocycles. The Morgan fingerprint density at radius 2 is 2.06 bits per heavy atom. The van der Waals surface area contributed by atoms with Crippen LogP contribution in [0.15, 0.2) is 30.5 Å². The van der Waals surface area contributed by atoms with Crippen LogP contribution in [0.25, 0.3) is 0 Å². The minimum atomic E-state index is -1.05. The number of nitrogens with one attached hydrogen (secondary N) is 1. The highest BCUT2D eigenvalue weighted by Crippen LogP contribution is 2.16. The first-order chi connectivity index (χ1) is 8.56. The molecule has 0 saturated carbocycles. The predicted octanol–water partition coefficient (Wildman–Crippen LogP) is 2.40. The van der Waals surface area contributed by atoms with Crippen LogP contribution in [0.5, 0.6) is 0 Å². The van der Waals surface area contributed by atoms with E-state index in [9.17, 15) is 9.59 Å². The van der Waals surface area contributed by atoms with Gasteiger partial charge in [-0.2, -0.15) is 0 Å². The van der Waals surface area contributed by atoms with Crippen LogP contribution < -0.4 is 5.32 Å². The molecule has 2 aromatic rings. The summed E-state index contributed by atoms with van der Waals surface area (Å²) < 4.78 is 0. The molecule has 2 rings (SSSR count). The molecule has 0 unspecified atom stereocenters. The van der Waals surface area contributed by atoms with Crippen molar-refractivity contribution in [2.75, 3.05) is 5.32 Å². The van der Waals surface area contributed by atoms with E-state index in [0.29, 0.717) is 10.7 Å². The number of aromatic carboxylic acids is 1. The lowest BCUT2D eigenvalue weighted by Crippen LogP contribution is -2.11. The molecule has 18 heavy (non-hydrogen) atoms. The van der Waals surface area contributed by atoms with Crippen molar-refractivity contribution < 1.29 is 14.7 Å². The number of aromatic nitrogens is 1. The quantitative estimate of drug-likeness (QED) is 0.890. The van der Waals surface area contributed by atoms with Crippen molar-refractivity contribution in [1.82, 2.24) is 4.98 Å². The summed E-state index contributed by atoms with van der Waals surface area (Å²) in [5.74, 6) is -0.964. The van der Waals surface area contributed by atoms with E-state index in [1.54, 1.807) is 6.07 Å². The number of hydrogen-bond donors (Lipinski definition) is 2. The third-order valence-electron chi connectivity index (χ3n) is 2.22. The maximum Gasteiger partial charge on any atom is 0.337 e. The first kappa shape index (κ1) is 12.3. The lowest BCUT2D eigenvalue weighted by Gasteiger charge is -2.02. The zero-order valence-electron chi connectivity index (χ0n) is 9.51. The lowest BCUT2D eigenvalue weighted by molar-refractivity contribution is 0.0696. The van der Waals surface area contributed by atoms with Gasteiger partial charge < -0.3 is 10.4 Å². The third-order valence-corrected chi connectivity index (χ3v) is 3.22. The molecule has 0 aliphatic carbocycles. The SMILES string of the molecule is Cc1ccc(C(=O)Nc2ccc(C(=O)O)cn2)s1. The molecule has 92 valence electrons. The second-order valence-corrected chi connectivity index (χ2v) is 4.89. The number of anilines is 1. The molecular formula is C12H10N2O3S. The van der Waals surface area contributed by atoms with Crippen LogP contribution in [0, 0.1) is 6.92 Å². The van der Waals surface area contributed by atoms with Gasteiger partial charge in [0, 0.05) is 11.1 Å². The Bertz CT molecular complexity index is 590. The Morgan fingerprint density at radius 1 is 1.28 bits per heavy atom. The molecule has 2 N–H and O–H groups in total. The normalized spacial score (nSPS) is 10.1. The van der Waals surface area contributed by atoms with Gasteiger partial charge in [-0.1, -0.05) is 0 Å². The summed E-state index contributed by atoms with van der Waals surface area (Å²) in [5, 5.41) is 11.3. The largest absolute Gasteiger partial charge is 0.478 e. The van der Waals surface area contributed by atoms with Gasteiger partial charge in [0.25, 0.3) is 5.91 Å². The molecule has 0 spiro atoms. The lowest BCUT2D eigenvalue weighted by atomic mass is 10.3. The standard InChI is InChI=1S/C12H10N2O3S/c1-7-2-4-9(18-7)11(15)14-10-5-3-8(6-13-10)12(16)17/h2-6H,1H3,(H,16,17)(H,13,14,15). The Morgan fingerprint density at radius 3 is 2.56 bits per heavy atom. The second-order valence-electron chi connectivity index (χ2n) is 3.60. The molecule has 0 aliphatic heterocycles. The van der Waals surface area contributed by atoms with Crippen LogP contribution in [-0.2, 0) is 0 Å². The van der Waals surface area contributed by atoms with Gasteiger partial charge in [-0.15, -0.1) is 11.3 Å². The fraction of sp³-hybridized carbons (Fsp3) is 0.0833. The maximum absolute atomic E-state index is 11.8. The summed E-state index contributed by atoms with van der Waals surface area (Å²) in [6.07, 6.45) is 1.21. The topological polar surface area (TPSA) is 79.3 Å². The molecule has 2 heterocycles. The summed E-state index contributed by atoms with van der Waals surface area (Å²) in [4.78, 5) is 27.9. The number of amides is 1. The van der Waals surface area contributed by atoms with Gasteiger partial charge in [-0.25, -0.2) is 9.78 Å². The number of carbonyl (C=O) groups excluding carboxylic acids is 1. The smallest absolute Gasteiger partial charge is 0.337 e. The average Bonchev–Trinajstić information content (AvgIpc) is 2.76. The fourth-order valence-corrected chi connectivity index (χ4v) is 2.09. The van der Waals surface area contributed by atoms with Gasteiger partial charge >= 0.3 is 5.97 Å². The first-order valence-electron chi connectivity index (χ1n) is 5.13. The molecule has 0 atom stereocenters. The van der Waals surface area contributed by atoms with Crippen LogP contribution in [-0.4, -0.2) is 22.0 Å². The van der Waals surface area contributed by atoms with Crippen LogP contribution >= 0.6 is 11.3 Å². The van der Waals surface area contributed by atoms with Crippen LogP contribution in [0.1, 0.15) is 24.9 Å². The van der Waals surface area contributed by atoms with E-state index in [2.05, 4.69) is 10.3 Å². The Hall–Kier alpha value is -2.21. The second kappa shape index (κ2) is 4.97. The molecule has 1 amide bonds. The van der Waals surface area contributed by atoms with Crippen molar-refractivity contribution in [3.05, 3.63) is 45.8 Å². The molecular weight excluding hydrogens is 252 g/mol. The Labute approximate surface area is 107 Å². The molecule has 6 heteroatoms. The van der Waals surface area contributed by atoms with Crippen LogP contribution in [0.2, 0.25) is 0 Å². The molecule has 0 fully saturated rings. The van der Waals surface area contributed by atoms with Crippen molar-refractivity contribution in [3.8, 4) is 0 Å². The molecule has 0 radical (unpaired) electrons. The van der Waals surface area contributed by atoms with Crippen molar-refractivity contribution in [1.29, 1.82) is 0 Å². The zero-order chi connectivity index (χ0) is 13.1. The number of carboxylic acid groups (broad SMARTS) is 1. The molecule has 5 nitrogen and oxygen atoms in total. The van der Waals surface area contributed by atoms with E-state index in [-0.39, 0.29) is 11.5 Å². The molecule has 0 bridgehead atoms. The Kier molecular flexibility index (Phi) is 3.38. The van der Waals surface area contributed by atoms with E-state index in [0.717, 1.165) is 4.88 Å². The number of carbonyl (C=O) groups is 2. The van der Waals surface area contributed by atoms with Gasteiger partial charge in [0.15, 0.2) is 0 Å². The van der Waals surface area contributed by atoms with Gasteiger partial charge in [-0.05, 0) is 31.2 Å². The fourth-order valence-electron chi connectivity index (χ4n) is 1.33. The third kappa shape index (κ3) is 2.72. The van der Waals surface area contributed by atoms with Crippen molar-refractivity contribution >= 4 is 29.0 Å². The monoisotopic (exact) mass is 262 g/mol. The van der Waals surface area contributed by atoms with E-state index in [1.165, 1.54) is 29.7 Å². The average molecular weight is 262 g/mol. The highest BCUT2D eigenvalue weighted by molar-refractivity contribution is 7.14. The number of aryl methyl sites for hydroxylation is 1.